The molecule has 0 radical (unpaired) electrons. The van der Waals surface area contributed by atoms with Gasteiger partial charge in [0.2, 0.25) is 0 Å². The first-order chi connectivity index (χ1) is 13.4. The van der Waals surface area contributed by atoms with Crippen LogP contribution in [-0.2, 0) is 0 Å². The second-order valence-electron chi connectivity index (χ2n) is 6.38. The lowest BCUT2D eigenvalue weighted by Gasteiger charge is -2.35. The summed E-state index contributed by atoms with van der Waals surface area (Å²) < 4.78 is 40.2. The quantitative estimate of drug-likeness (QED) is 0.624. The molecule has 1 aliphatic rings. The molecular formula is C18H22Cl2F3N5O2. The molecule has 0 bridgehead atoms. The molecule has 0 aromatic carbocycles. The Morgan fingerprint density at radius 1 is 1.17 bits per heavy atom. The van der Waals surface area contributed by atoms with Crippen LogP contribution in [0.1, 0.15) is 10.4 Å². The maximum Gasteiger partial charge on any atom is 0.405 e. The summed E-state index contributed by atoms with van der Waals surface area (Å²) in [4.78, 5) is 32.4. The van der Waals surface area contributed by atoms with Gasteiger partial charge in [-0.1, -0.05) is 6.07 Å². The highest BCUT2D eigenvalue weighted by Gasteiger charge is 2.43. The number of nitrogens with one attached hydrogen (secondary N) is 3. The molecule has 2 aromatic rings. The van der Waals surface area contributed by atoms with Crippen molar-refractivity contribution in [1.82, 2.24) is 25.5 Å². The molecule has 0 saturated carbocycles. The molecule has 7 nitrogen and oxygen atoms in total. The summed E-state index contributed by atoms with van der Waals surface area (Å²) in [6, 6.07) is 6.13. The molecule has 3 N–H and O–H groups in total. The molecule has 0 spiro atoms. The standard InChI is InChI=1S/C18H20F3N5O2.2ClH/c19-18(20,21)15(26-9-7-22-8-10-26)11-24-16(27)12-4-5-14(25-17(12)28)13-3-1-2-6-23-13;;/h1-6,15,22H,7-11H2,(H,24,27)(H,25,28);2*1H. The Morgan fingerprint density at radius 3 is 2.43 bits per heavy atom. The van der Waals surface area contributed by atoms with Crippen molar-refractivity contribution >= 4 is 30.7 Å². The van der Waals surface area contributed by atoms with Gasteiger partial charge in [0.05, 0.1) is 11.4 Å². The van der Waals surface area contributed by atoms with Crippen LogP contribution in [0, 0.1) is 0 Å². The summed E-state index contributed by atoms with van der Waals surface area (Å²) in [5.41, 5.74) is -0.00848. The lowest BCUT2D eigenvalue weighted by molar-refractivity contribution is -0.183. The number of halogens is 5. The maximum absolute atomic E-state index is 13.4. The number of piperazine rings is 1. The van der Waals surface area contributed by atoms with E-state index in [1.807, 2.05) is 0 Å². The number of hydrogen-bond donors (Lipinski definition) is 3. The highest BCUT2D eigenvalue weighted by atomic mass is 35.5. The van der Waals surface area contributed by atoms with Gasteiger partial charge in [0.25, 0.3) is 11.5 Å². The van der Waals surface area contributed by atoms with Gasteiger partial charge in [-0.3, -0.25) is 19.5 Å². The summed E-state index contributed by atoms with van der Waals surface area (Å²) in [6.07, 6.45) is -2.93. The Labute approximate surface area is 183 Å². The van der Waals surface area contributed by atoms with E-state index >= 15 is 0 Å². The van der Waals surface area contributed by atoms with Crippen molar-refractivity contribution in [3.63, 3.8) is 0 Å². The van der Waals surface area contributed by atoms with Crippen LogP contribution >= 0.6 is 24.8 Å². The van der Waals surface area contributed by atoms with E-state index in [9.17, 15) is 22.8 Å². The second-order valence-corrected chi connectivity index (χ2v) is 6.38. The number of pyridine rings is 2. The van der Waals surface area contributed by atoms with Gasteiger partial charge in [0.1, 0.15) is 11.6 Å². The van der Waals surface area contributed by atoms with Crippen LogP contribution in [0.25, 0.3) is 11.4 Å². The summed E-state index contributed by atoms with van der Waals surface area (Å²) in [5, 5.41) is 5.24. The van der Waals surface area contributed by atoms with E-state index < -0.39 is 30.2 Å². The Bertz CT molecular complexity index is 874. The molecule has 166 valence electrons. The van der Waals surface area contributed by atoms with Crippen LogP contribution in [0.4, 0.5) is 13.2 Å². The normalized spacial score (nSPS) is 15.4. The van der Waals surface area contributed by atoms with Gasteiger partial charge in [-0.05, 0) is 24.3 Å². The zero-order valence-corrected chi connectivity index (χ0v) is 17.4. The van der Waals surface area contributed by atoms with E-state index in [4.69, 9.17) is 0 Å². The smallest absolute Gasteiger partial charge is 0.350 e. The Kier molecular flexibility index (Phi) is 9.76. The number of aromatic nitrogens is 2. The van der Waals surface area contributed by atoms with Gasteiger partial charge in [-0.2, -0.15) is 13.2 Å². The number of carbonyl (C=O) groups is 1. The Hall–Kier alpha value is -2.14. The Balaban J connectivity index is 0.00000225. The molecule has 3 heterocycles. The number of aromatic amines is 1. The van der Waals surface area contributed by atoms with E-state index in [1.165, 1.54) is 17.0 Å². The number of carbonyl (C=O) groups excluding carboxylic acids is 1. The van der Waals surface area contributed by atoms with Gasteiger partial charge in [0.15, 0.2) is 0 Å². The monoisotopic (exact) mass is 467 g/mol. The fraction of sp³-hybridized carbons (Fsp3) is 0.389. The van der Waals surface area contributed by atoms with Gasteiger partial charge in [-0.25, -0.2) is 0 Å². The van der Waals surface area contributed by atoms with Crippen LogP contribution in [-0.4, -0.2) is 65.7 Å². The molecule has 12 heteroatoms. The number of hydrogen-bond acceptors (Lipinski definition) is 5. The average Bonchev–Trinajstić information content (AvgIpc) is 2.68. The molecule has 0 aliphatic carbocycles. The van der Waals surface area contributed by atoms with Gasteiger partial charge < -0.3 is 15.6 Å². The summed E-state index contributed by atoms with van der Waals surface area (Å²) in [5.74, 6) is -0.849. The molecule has 1 unspecified atom stereocenters. The fourth-order valence-corrected chi connectivity index (χ4v) is 3.05. The van der Waals surface area contributed by atoms with Crippen LogP contribution in [0.15, 0.2) is 41.3 Å². The first-order valence-corrected chi connectivity index (χ1v) is 8.80. The molecule has 3 rings (SSSR count). The lowest BCUT2D eigenvalue weighted by Crippen LogP contribution is -2.57. The van der Waals surface area contributed by atoms with Crippen molar-refractivity contribution in [2.45, 2.75) is 12.2 Å². The average molecular weight is 468 g/mol. The number of rotatable bonds is 5. The van der Waals surface area contributed by atoms with Gasteiger partial charge >= 0.3 is 6.18 Å². The molecule has 30 heavy (non-hydrogen) atoms. The Morgan fingerprint density at radius 2 is 1.87 bits per heavy atom. The highest BCUT2D eigenvalue weighted by molar-refractivity contribution is 5.94. The summed E-state index contributed by atoms with van der Waals surface area (Å²) in [6.45, 7) is 0.757. The topological polar surface area (TPSA) is 90.1 Å². The minimum atomic E-state index is -4.49. The number of H-pyrrole nitrogens is 1. The van der Waals surface area contributed by atoms with Crippen LogP contribution in [0.3, 0.4) is 0 Å². The third-order valence-electron chi connectivity index (χ3n) is 4.52. The minimum Gasteiger partial charge on any atom is -0.350 e. The van der Waals surface area contributed by atoms with Crippen molar-refractivity contribution < 1.29 is 18.0 Å². The number of alkyl halides is 3. The zero-order chi connectivity index (χ0) is 20.1. The minimum absolute atomic E-state index is 0. The third-order valence-corrected chi connectivity index (χ3v) is 4.52. The van der Waals surface area contributed by atoms with Gasteiger partial charge in [-0.15, -0.1) is 24.8 Å². The van der Waals surface area contributed by atoms with E-state index in [2.05, 4.69) is 20.6 Å². The predicted octanol–water partition coefficient (Wildman–Crippen LogP) is 1.85. The zero-order valence-electron chi connectivity index (χ0n) is 15.7. The molecule has 1 saturated heterocycles. The van der Waals surface area contributed by atoms with Crippen molar-refractivity contribution in [2.24, 2.45) is 0 Å². The van der Waals surface area contributed by atoms with E-state index in [0.29, 0.717) is 24.5 Å². The lowest BCUT2D eigenvalue weighted by atomic mass is 10.1. The molecule has 1 fully saturated rings. The van der Waals surface area contributed by atoms with E-state index in [-0.39, 0.29) is 43.5 Å². The van der Waals surface area contributed by atoms with Crippen molar-refractivity contribution in [1.29, 1.82) is 0 Å². The molecular weight excluding hydrogens is 446 g/mol. The first kappa shape index (κ1) is 25.9. The largest absolute Gasteiger partial charge is 0.405 e. The van der Waals surface area contributed by atoms with Crippen LogP contribution in [0.5, 0.6) is 0 Å². The SMILES string of the molecule is Cl.Cl.O=C(NCC(N1CCNCC1)C(F)(F)F)c1ccc(-c2ccccn2)[nH]c1=O. The van der Waals surface area contributed by atoms with E-state index in [0.717, 1.165) is 0 Å². The number of nitrogens with zero attached hydrogens (tertiary/aromatic N) is 2. The van der Waals surface area contributed by atoms with Crippen molar-refractivity contribution in [3.05, 3.63) is 52.4 Å². The maximum atomic E-state index is 13.4. The molecule has 1 amide bonds. The molecule has 1 aliphatic heterocycles. The highest BCUT2D eigenvalue weighted by Crippen LogP contribution is 2.24. The summed E-state index contributed by atoms with van der Waals surface area (Å²) in [7, 11) is 0. The third kappa shape index (κ3) is 6.43. The molecule has 1 atom stereocenters. The van der Waals surface area contributed by atoms with Crippen LogP contribution in [0.2, 0.25) is 0 Å². The predicted molar refractivity (Wildman–Crippen MR) is 111 cm³/mol. The van der Waals surface area contributed by atoms with Crippen LogP contribution < -0.4 is 16.2 Å². The number of amides is 1. The van der Waals surface area contributed by atoms with Gasteiger partial charge in [0, 0.05) is 38.9 Å². The van der Waals surface area contributed by atoms with Crippen molar-refractivity contribution in [3.8, 4) is 11.4 Å². The van der Waals surface area contributed by atoms with E-state index in [1.54, 1.807) is 24.4 Å². The second kappa shape index (κ2) is 11.3. The van der Waals surface area contributed by atoms with Crippen molar-refractivity contribution in [2.75, 3.05) is 32.7 Å². The fourth-order valence-electron chi connectivity index (χ4n) is 3.05. The summed E-state index contributed by atoms with van der Waals surface area (Å²) >= 11 is 0. The first-order valence-electron chi connectivity index (χ1n) is 8.80. The molecule has 2 aromatic heterocycles.